The summed E-state index contributed by atoms with van der Waals surface area (Å²) in [6.07, 6.45) is 0.689. The number of hydrogen-bond acceptors (Lipinski definition) is 2. The minimum Gasteiger partial charge on any atom is -0.550 e. The molecule has 0 bridgehead atoms. The largest absolute Gasteiger partial charge is 0.550 e. The minimum absolute atomic E-state index is 0.419. The lowest BCUT2D eigenvalue weighted by atomic mass is 9.75. The minimum atomic E-state index is -0.944. The van der Waals surface area contributed by atoms with Gasteiger partial charge in [-0.1, -0.05) is 41.5 Å². The highest BCUT2D eigenvalue weighted by atomic mass is 16.4. The van der Waals surface area contributed by atoms with Crippen molar-refractivity contribution < 1.29 is 9.90 Å². The molecule has 0 radical (unpaired) electrons. The van der Waals surface area contributed by atoms with E-state index in [0.717, 1.165) is 0 Å². The van der Waals surface area contributed by atoms with Gasteiger partial charge < -0.3 is 9.90 Å². The first-order chi connectivity index (χ1) is 6.18. The van der Waals surface area contributed by atoms with Gasteiger partial charge in [-0.2, -0.15) is 0 Å². The molecule has 0 amide bonds. The van der Waals surface area contributed by atoms with Crippen LogP contribution in [0.4, 0.5) is 0 Å². The van der Waals surface area contributed by atoms with E-state index in [-0.39, 0.29) is 0 Å². The van der Waals surface area contributed by atoms with Crippen molar-refractivity contribution in [2.24, 2.45) is 23.2 Å². The lowest BCUT2D eigenvalue weighted by Gasteiger charge is -2.33. The van der Waals surface area contributed by atoms with Crippen LogP contribution in [-0.4, -0.2) is 5.97 Å². The normalized spacial score (nSPS) is 16.8. The summed E-state index contributed by atoms with van der Waals surface area (Å²) >= 11 is 0. The molecule has 0 aromatic rings. The Labute approximate surface area is 87.7 Å². The van der Waals surface area contributed by atoms with Crippen molar-refractivity contribution in [3.05, 3.63) is 0 Å². The zero-order chi connectivity index (χ0) is 11.5. The first kappa shape index (κ1) is 13.5. The number of carboxylic acid groups (broad SMARTS) is 1. The molecule has 0 aliphatic heterocycles. The quantitative estimate of drug-likeness (QED) is 0.680. The summed E-state index contributed by atoms with van der Waals surface area (Å²) in [5, 5.41) is 10.8. The first-order valence-corrected chi connectivity index (χ1v) is 5.40. The SMILES string of the molecule is CC(C)C(C)C(C)CC(C)(C)C(=O)[O-]. The molecule has 2 nitrogen and oxygen atoms in total. The fraction of sp³-hybridized carbons (Fsp3) is 0.917. The van der Waals surface area contributed by atoms with Gasteiger partial charge in [0.15, 0.2) is 0 Å². The predicted molar refractivity (Wildman–Crippen MR) is 56.6 cm³/mol. The van der Waals surface area contributed by atoms with Crippen LogP contribution >= 0.6 is 0 Å². The van der Waals surface area contributed by atoms with Crippen LogP contribution < -0.4 is 5.11 Å². The van der Waals surface area contributed by atoms with E-state index in [1.807, 2.05) is 0 Å². The average Bonchev–Trinajstić information content (AvgIpc) is 2.01. The van der Waals surface area contributed by atoms with E-state index in [0.29, 0.717) is 24.2 Å². The zero-order valence-corrected chi connectivity index (χ0v) is 10.3. The van der Waals surface area contributed by atoms with Crippen LogP contribution in [0.1, 0.15) is 48.0 Å². The second-order valence-electron chi connectivity index (χ2n) is 5.46. The maximum Gasteiger partial charge on any atom is 0.0470 e. The topological polar surface area (TPSA) is 40.1 Å². The second kappa shape index (κ2) is 4.81. The molecule has 84 valence electrons. The molecule has 2 heteroatoms. The van der Waals surface area contributed by atoms with Crippen LogP contribution in [0, 0.1) is 23.2 Å². The van der Waals surface area contributed by atoms with E-state index in [1.165, 1.54) is 0 Å². The molecule has 0 heterocycles. The molecule has 0 aliphatic carbocycles. The smallest absolute Gasteiger partial charge is 0.0470 e. The van der Waals surface area contributed by atoms with Gasteiger partial charge in [0.05, 0.1) is 0 Å². The van der Waals surface area contributed by atoms with Crippen LogP contribution in [0.25, 0.3) is 0 Å². The van der Waals surface area contributed by atoms with Crippen molar-refractivity contribution in [3.8, 4) is 0 Å². The molecule has 14 heavy (non-hydrogen) atoms. The number of rotatable bonds is 5. The van der Waals surface area contributed by atoms with Gasteiger partial charge >= 0.3 is 0 Å². The highest BCUT2D eigenvalue weighted by Crippen LogP contribution is 2.31. The third kappa shape index (κ3) is 3.69. The Kier molecular flexibility index (Phi) is 4.63. The highest BCUT2D eigenvalue weighted by Gasteiger charge is 2.26. The molecule has 0 N–H and O–H groups in total. The van der Waals surface area contributed by atoms with E-state index in [2.05, 4.69) is 27.7 Å². The number of carbonyl (C=O) groups is 1. The molecule has 2 atom stereocenters. The van der Waals surface area contributed by atoms with Crippen LogP contribution in [0.3, 0.4) is 0 Å². The molecule has 0 spiro atoms. The van der Waals surface area contributed by atoms with Gasteiger partial charge in [0.1, 0.15) is 0 Å². The third-order valence-electron chi connectivity index (χ3n) is 3.33. The van der Waals surface area contributed by atoms with Gasteiger partial charge in [-0.25, -0.2) is 0 Å². The molecule has 0 aliphatic rings. The Balaban J connectivity index is 4.31. The predicted octanol–water partition coefficient (Wildman–Crippen LogP) is 2.08. The van der Waals surface area contributed by atoms with Gasteiger partial charge in [0, 0.05) is 11.4 Å². The van der Waals surface area contributed by atoms with Crippen LogP contribution in [0.2, 0.25) is 0 Å². The Bertz CT molecular complexity index is 194. The van der Waals surface area contributed by atoms with Gasteiger partial charge in [-0.15, -0.1) is 0 Å². The summed E-state index contributed by atoms with van der Waals surface area (Å²) in [6, 6.07) is 0. The number of carbonyl (C=O) groups excluding carboxylic acids is 1. The van der Waals surface area contributed by atoms with Gasteiger partial charge in [-0.05, 0) is 24.2 Å². The summed E-state index contributed by atoms with van der Waals surface area (Å²) in [4.78, 5) is 10.8. The van der Waals surface area contributed by atoms with Crippen molar-refractivity contribution in [3.63, 3.8) is 0 Å². The number of carboxylic acids is 1. The Morgan fingerprint density at radius 1 is 1.21 bits per heavy atom. The maximum atomic E-state index is 10.8. The summed E-state index contributed by atoms with van der Waals surface area (Å²) in [5.74, 6) is 0.624. The molecule has 0 saturated carbocycles. The first-order valence-electron chi connectivity index (χ1n) is 5.40. The summed E-state index contributed by atoms with van der Waals surface area (Å²) in [7, 11) is 0. The lowest BCUT2D eigenvalue weighted by molar-refractivity contribution is -0.318. The van der Waals surface area contributed by atoms with Crippen molar-refractivity contribution in [2.45, 2.75) is 48.0 Å². The standard InChI is InChI=1S/C12H24O2/c1-8(2)10(4)9(3)7-12(5,6)11(13)14/h8-10H,7H2,1-6H3,(H,13,14)/p-1. The molecule has 2 unspecified atom stereocenters. The molecule has 0 fully saturated rings. The Hall–Kier alpha value is -0.530. The van der Waals surface area contributed by atoms with E-state index < -0.39 is 11.4 Å². The fourth-order valence-corrected chi connectivity index (χ4v) is 1.73. The van der Waals surface area contributed by atoms with Gasteiger partial charge in [-0.3, -0.25) is 0 Å². The Morgan fingerprint density at radius 3 is 1.93 bits per heavy atom. The summed E-state index contributed by atoms with van der Waals surface area (Å²) in [5.41, 5.74) is -0.706. The van der Waals surface area contributed by atoms with Crippen molar-refractivity contribution in [1.29, 1.82) is 0 Å². The molecular weight excluding hydrogens is 176 g/mol. The third-order valence-corrected chi connectivity index (χ3v) is 3.33. The number of aliphatic carboxylic acids is 1. The molecular formula is C12H23O2-. The van der Waals surface area contributed by atoms with Crippen LogP contribution in [0.15, 0.2) is 0 Å². The van der Waals surface area contributed by atoms with E-state index in [1.54, 1.807) is 13.8 Å². The monoisotopic (exact) mass is 199 g/mol. The number of hydrogen-bond donors (Lipinski definition) is 0. The van der Waals surface area contributed by atoms with Gasteiger partial charge in [0.25, 0.3) is 0 Å². The van der Waals surface area contributed by atoms with Crippen molar-refractivity contribution in [2.75, 3.05) is 0 Å². The van der Waals surface area contributed by atoms with E-state index >= 15 is 0 Å². The van der Waals surface area contributed by atoms with Crippen LogP contribution in [-0.2, 0) is 4.79 Å². The van der Waals surface area contributed by atoms with Crippen LogP contribution in [0.5, 0.6) is 0 Å². The Morgan fingerprint density at radius 2 is 1.64 bits per heavy atom. The summed E-state index contributed by atoms with van der Waals surface area (Å²) in [6.45, 7) is 12.1. The van der Waals surface area contributed by atoms with E-state index in [9.17, 15) is 9.90 Å². The van der Waals surface area contributed by atoms with E-state index in [4.69, 9.17) is 0 Å². The molecule has 0 aromatic carbocycles. The lowest BCUT2D eigenvalue weighted by Crippen LogP contribution is -2.40. The molecule has 0 rings (SSSR count). The molecule has 0 aromatic heterocycles. The average molecular weight is 199 g/mol. The van der Waals surface area contributed by atoms with Crippen molar-refractivity contribution >= 4 is 5.97 Å². The van der Waals surface area contributed by atoms with Crippen molar-refractivity contribution in [1.82, 2.24) is 0 Å². The van der Waals surface area contributed by atoms with Gasteiger partial charge in [0.2, 0.25) is 0 Å². The summed E-state index contributed by atoms with van der Waals surface area (Å²) < 4.78 is 0. The fourth-order valence-electron chi connectivity index (χ4n) is 1.73. The molecule has 0 saturated heterocycles. The zero-order valence-electron chi connectivity index (χ0n) is 10.3. The maximum absolute atomic E-state index is 10.8. The second-order valence-corrected chi connectivity index (χ2v) is 5.46. The highest BCUT2D eigenvalue weighted by molar-refractivity contribution is 5.71.